The van der Waals surface area contributed by atoms with Gasteiger partial charge >= 0.3 is 6.09 Å². The van der Waals surface area contributed by atoms with Gasteiger partial charge in [-0.2, -0.15) is 4.31 Å². The Labute approximate surface area is 248 Å². The summed E-state index contributed by atoms with van der Waals surface area (Å²) in [6, 6.07) is 14.8. The normalized spacial score (nSPS) is 12.9. The highest BCUT2D eigenvalue weighted by atomic mass is 32.2. The summed E-state index contributed by atoms with van der Waals surface area (Å²) in [5.41, 5.74) is 1.81. The van der Waals surface area contributed by atoms with E-state index >= 15 is 0 Å². The minimum Gasteiger partial charge on any atom is -0.450 e. The van der Waals surface area contributed by atoms with Crippen LogP contribution in [0.15, 0.2) is 59.5 Å². The Bertz CT molecular complexity index is 1590. The molecule has 2 N–H and O–H groups in total. The number of nitrogens with zero attached hydrogens (tertiary/aromatic N) is 2. The van der Waals surface area contributed by atoms with Gasteiger partial charge in [-0.3, -0.25) is 19.7 Å². The number of nitrogens with one attached hydrogen (secondary N) is 2. The number of carbonyl (C=O) groups is 4. The maximum absolute atomic E-state index is 13.3. The number of benzene rings is 2. The third-order valence-electron chi connectivity index (χ3n) is 6.76. The predicted molar refractivity (Wildman–Crippen MR) is 158 cm³/mol. The molecule has 2 heterocycles. The molecule has 13 heteroatoms. The minimum absolute atomic E-state index is 0.0437. The first-order valence-corrected chi connectivity index (χ1v) is 15.6. The Morgan fingerprint density at radius 1 is 1.00 bits per heavy atom. The average molecular weight is 613 g/mol. The van der Waals surface area contributed by atoms with Crippen molar-refractivity contribution in [2.24, 2.45) is 0 Å². The standard InChI is InChI=1S/C29H32N4O7S2/c1-4-33(17-20-9-7-6-8-10-20)42(38,39)22-13-11-21(12-14-22)26(35)30-28-25(27(36)31-29(37)40-5-2)23-15-16-32(19(3)34)18-24(23)41-28/h6-14H,4-5,15-18H2,1-3H3,(H,30,35)(H,31,36,37). The van der Waals surface area contributed by atoms with E-state index in [9.17, 15) is 27.6 Å². The molecule has 1 aliphatic heterocycles. The van der Waals surface area contributed by atoms with Gasteiger partial charge in [-0.05, 0) is 48.7 Å². The van der Waals surface area contributed by atoms with Gasteiger partial charge in [-0.1, -0.05) is 37.3 Å². The van der Waals surface area contributed by atoms with Crippen LogP contribution in [0.4, 0.5) is 9.80 Å². The fourth-order valence-electron chi connectivity index (χ4n) is 4.58. The molecular formula is C29H32N4O7S2. The van der Waals surface area contributed by atoms with E-state index in [0.717, 1.165) is 21.8 Å². The first kappa shape index (κ1) is 30.9. The van der Waals surface area contributed by atoms with Crippen LogP contribution in [0.3, 0.4) is 0 Å². The number of imide groups is 1. The maximum Gasteiger partial charge on any atom is 0.414 e. The van der Waals surface area contributed by atoms with E-state index in [2.05, 4.69) is 10.6 Å². The number of fused-ring (bicyclic) bond motifs is 1. The van der Waals surface area contributed by atoms with E-state index in [4.69, 9.17) is 4.74 Å². The van der Waals surface area contributed by atoms with Gasteiger partial charge in [-0.15, -0.1) is 11.3 Å². The molecular weight excluding hydrogens is 580 g/mol. The van der Waals surface area contributed by atoms with Gasteiger partial charge in [0.05, 0.1) is 23.6 Å². The number of alkyl carbamates (subject to hydrolysis) is 1. The van der Waals surface area contributed by atoms with Crippen molar-refractivity contribution in [2.75, 3.05) is 25.0 Å². The van der Waals surface area contributed by atoms with Crippen LogP contribution < -0.4 is 10.6 Å². The summed E-state index contributed by atoms with van der Waals surface area (Å²) < 4.78 is 32.8. The van der Waals surface area contributed by atoms with Crippen molar-refractivity contribution < 1.29 is 32.3 Å². The molecule has 0 bridgehead atoms. The van der Waals surface area contributed by atoms with Crippen molar-refractivity contribution in [3.05, 3.63) is 81.7 Å². The number of amides is 4. The zero-order valence-electron chi connectivity index (χ0n) is 23.5. The second kappa shape index (κ2) is 13.3. The maximum atomic E-state index is 13.3. The first-order valence-electron chi connectivity index (χ1n) is 13.4. The Morgan fingerprint density at radius 2 is 1.69 bits per heavy atom. The van der Waals surface area contributed by atoms with E-state index in [1.54, 1.807) is 18.7 Å². The summed E-state index contributed by atoms with van der Waals surface area (Å²) in [5.74, 6) is -1.41. The molecule has 3 aromatic rings. The molecule has 1 aromatic heterocycles. The van der Waals surface area contributed by atoms with Crippen molar-refractivity contribution >= 4 is 50.2 Å². The van der Waals surface area contributed by atoms with E-state index < -0.39 is 27.9 Å². The van der Waals surface area contributed by atoms with Crippen LogP contribution in [0.5, 0.6) is 0 Å². The number of rotatable bonds is 9. The van der Waals surface area contributed by atoms with Gasteiger partial charge in [0.15, 0.2) is 0 Å². The third kappa shape index (κ3) is 6.86. The van der Waals surface area contributed by atoms with E-state index in [-0.39, 0.29) is 53.2 Å². The number of carbonyl (C=O) groups excluding carboxylic acids is 4. The summed E-state index contributed by atoms with van der Waals surface area (Å²) in [4.78, 5) is 52.6. The lowest BCUT2D eigenvalue weighted by Gasteiger charge is -2.26. The van der Waals surface area contributed by atoms with Gasteiger partial charge in [0.25, 0.3) is 11.8 Å². The van der Waals surface area contributed by atoms with Crippen LogP contribution in [-0.2, 0) is 39.1 Å². The molecule has 0 saturated heterocycles. The molecule has 0 unspecified atom stereocenters. The number of sulfonamides is 1. The lowest BCUT2D eigenvalue weighted by Crippen LogP contribution is -2.35. The van der Waals surface area contributed by atoms with E-state index in [1.165, 1.54) is 35.5 Å². The molecule has 1 aliphatic rings. The Hall–Kier alpha value is -4.07. The van der Waals surface area contributed by atoms with Gasteiger partial charge in [-0.25, -0.2) is 13.2 Å². The van der Waals surface area contributed by atoms with Crippen LogP contribution >= 0.6 is 11.3 Å². The number of anilines is 1. The highest BCUT2D eigenvalue weighted by Crippen LogP contribution is 2.37. The van der Waals surface area contributed by atoms with Crippen LogP contribution in [-0.4, -0.2) is 61.1 Å². The van der Waals surface area contributed by atoms with Crippen molar-refractivity contribution in [2.45, 2.75) is 45.2 Å². The second-order valence-electron chi connectivity index (χ2n) is 9.47. The number of hydrogen-bond donors (Lipinski definition) is 2. The summed E-state index contributed by atoms with van der Waals surface area (Å²) in [7, 11) is -3.82. The predicted octanol–water partition coefficient (Wildman–Crippen LogP) is 4.00. The highest BCUT2D eigenvalue weighted by Gasteiger charge is 2.31. The molecule has 0 fully saturated rings. The summed E-state index contributed by atoms with van der Waals surface area (Å²) in [6.07, 6.45) is -0.540. The highest BCUT2D eigenvalue weighted by molar-refractivity contribution is 7.89. The number of hydrogen-bond acceptors (Lipinski definition) is 8. The van der Waals surface area contributed by atoms with Crippen LogP contribution in [0.2, 0.25) is 0 Å². The molecule has 0 atom stereocenters. The minimum atomic E-state index is -3.82. The zero-order valence-corrected chi connectivity index (χ0v) is 25.1. The largest absolute Gasteiger partial charge is 0.450 e. The molecule has 4 rings (SSSR count). The summed E-state index contributed by atoms with van der Waals surface area (Å²) in [6.45, 7) is 6.04. The van der Waals surface area contributed by atoms with Gasteiger partial charge in [0.2, 0.25) is 15.9 Å². The quantitative estimate of drug-likeness (QED) is 0.372. The smallest absolute Gasteiger partial charge is 0.414 e. The lowest BCUT2D eigenvalue weighted by atomic mass is 10.0. The van der Waals surface area contributed by atoms with Crippen molar-refractivity contribution in [3.8, 4) is 0 Å². The summed E-state index contributed by atoms with van der Waals surface area (Å²) in [5, 5.41) is 5.14. The topological polar surface area (TPSA) is 142 Å². The molecule has 4 amide bonds. The van der Waals surface area contributed by atoms with Crippen LogP contribution in [0.1, 0.15) is 57.5 Å². The molecule has 42 heavy (non-hydrogen) atoms. The second-order valence-corrected chi connectivity index (χ2v) is 12.5. The van der Waals surface area contributed by atoms with E-state index in [0.29, 0.717) is 18.5 Å². The first-order chi connectivity index (χ1) is 20.0. The summed E-state index contributed by atoms with van der Waals surface area (Å²) >= 11 is 1.15. The van der Waals surface area contributed by atoms with Crippen molar-refractivity contribution in [1.29, 1.82) is 0 Å². The number of thiophene rings is 1. The number of ether oxygens (including phenoxy) is 1. The Kier molecular flexibility index (Phi) is 9.76. The Morgan fingerprint density at radius 3 is 2.31 bits per heavy atom. The molecule has 2 aromatic carbocycles. The van der Waals surface area contributed by atoms with Gasteiger partial charge < -0.3 is 15.0 Å². The van der Waals surface area contributed by atoms with Crippen molar-refractivity contribution in [1.82, 2.24) is 14.5 Å². The zero-order chi connectivity index (χ0) is 30.4. The fraction of sp³-hybridized carbons (Fsp3) is 0.310. The van der Waals surface area contributed by atoms with E-state index in [1.807, 2.05) is 30.3 Å². The lowest BCUT2D eigenvalue weighted by molar-refractivity contribution is -0.129. The van der Waals surface area contributed by atoms with Crippen LogP contribution in [0, 0.1) is 0 Å². The van der Waals surface area contributed by atoms with Crippen LogP contribution in [0.25, 0.3) is 0 Å². The molecule has 11 nitrogen and oxygen atoms in total. The molecule has 0 aliphatic carbocycles. The Balaban J connectivity index is 1.57. The third-order valence-corrected chi connectivity index (χ3v) is 9.82. The van der Waals surface area contributed by atoms with Gasteiger partial charge in [0.1, 0.15) is 5.00 Å². The molecule has 0 saturated carbocycles. The molecule has 0 radical (unpaired) electrons. The fourth-order valence-corrected chi connectivity index (χ4v) is 7.27. The average Bonchev–Trinajstić information content (AvgIpc) is 3.33. The van der Waals surface area contributed by atoms with Crippen molar-refractivity contribution in [3.63, 3.8) is 0 Å². The van der Waals surface area contributed by atoms with Gasteiger partial charge in [0, 0.05) is 37.0 Å². The SMILES string of the molecule is CCOC(=O)NC(=O)c1c(NC(=O)c2ccc(S(=O)(=O)N(CC)Cc3ccccc3)cc2)sc2c1CCN(C(C)=O)C2. The monoisotopic (exact) mass is 612 g/mol. The molecule has 222 valence electrons. The molecule has 0 spiro atoms.